The number of halogens is 1. The van der Waals surface area contributed by atoms with Gasteiger partial charge in [-0.05, 0) is 43.2 Å². The lowest BCUT2D eigenvalue weighted by atomic mass is 10.2. The van der Waals surface area contributed by atoms with E-state index in [1.54, 1.807) is 10.6 Å². The van der Waals surface area contributed by atoms with Gasteiger partial charge in [0, 0.05) is 36.5 Å². The fourth-order valence-corrected chi connectivity index (χ4v) is 3.02. The molecule has 0 aliphatic rings. The molecule has 6 heteroatoms. The Morgan fingerprint density at radius 2 is 2.04 bits per heavy atom. The number of nitrogens with zero attached hydrogens (tertiary/aromatic N) is 4. The van der Waals surface area contributed by atoms with Crippen LogP contribution in [0.2, 0.25) is 5.02 Å². The molecule has 3 rings (SSSR count). The monoisotopic (exact) mass is 344 g/mol. The Balaban J connectivity index is 1.68. The SMILES string of the molecule is CCCN(CCCn1nc2ccccn2c1=O)c1cccc(Cl)c1. The van der Waals surface area contributed by atoms with Gasteiger partial charge >= 0.3 is 5.69 Å². The van der Waals surface area contributed by atoms with Crippen LogP contribution in [0.15, 0.2) is 53.5 Å². The van der Waals surface area contributed by atoms with E-state index in [0.29, 0.717) is 12.2 Å². The minimum atomic E-state index is -0.0876. The zero-order valence-corrected chi connectivity index (χ0v) is 14.5. The van der Waals surface area contributed by atoms with Crippen molar-refractivity contribution in [1.82, 2.24) is 14.2 Å². The number of aromatic nitrogens is 3. The average molecular weight is 345 g/mol. The number of hydrogen-bond donors (Lipinski definition) is 0. The molecule has 0 amide bonds. The molecule has 0 atom stereocenters. The molecule has 5 nitrogen and oxygen atoms in total. The zero-order valence-electron chi connectivity index (χ0n) is 13.7. The molecule has 0 aliphatic heterocycles. The molecule has 3 aromatic rings. The molecule has 0 N–H and O–H groups in total. The second kappa shape index (κ2) is 7.53. The number of aryl methyl sites for hydroxylation is 1. The van der Waals surface area contributed by atoms with E-state index in [4.69, 9.17) is 11.6 Å². The van der Waals surface area contributed by atoms with Gasteiger partial charge in [0.2, 0.25) is 0 Å². The summed E-state index contributed by atoms with van der Waals surface area (Å²) in [6.07, 6.45) is 3.65. The van der Waals surface area contributed by atoms with E-state index < -0.39 is 0 Å². The smallest absolute Gasteiger partial charge is 0.350 e. The molecule has 0 radical (unpaired) electrons. The van der Waals surface area contributed by atoms with Crippen molar-refractivity contribution in [2.75, 3.05) is 18.0 Å². The maximum atomic E-state index is 12.3. The highest BCUT2D eigenvalue weighted by Gasteiger charge is 2.09. The lowest BCUT2D eigenvalue weighted by Crippen LogP contribution is -2.28. The van der Waals surface area contributed by atoms with Gasteiger partial charge in [-0.3, -0.25) is 4.40 Å². The van der Waals surface area contributed by atoms with Gasteiger partial charge in [-0.1, -0.05) is 30.7 Å². The summed E-state index contributed by atoms with van der Waals surface area (Å²) < 4.78 is 3.11. The molecular formula is C18H21ClN4O. The molecule has 0 fully saturated rings. The van der Waals surface area contributed by atoms with Crippen molar-refractivity contribution < 1.29 is 0 Å². The van der Waals surface area contributed by atoms with E-state index in [-0.39, 0.29) is 5.69 Å². The highest BCUT2D eigenvalue weighted by molar-refractivity contribution is 6.30. The number of hydrogen-bond acceptors (Lipinski definition) is 3. The summed E-state index contributed by atoms with van der Waals surface area (Å²) in [4.78, 5) is 14.6. The van der Waals surface area contributed by atoms with E-state index in [1.165, 1.54) is 4.68 Å². The third-order valence-electron chi connectivity index (χ3n) is 3.95. The molecule has 0 spiro atoms. The van der Waals surface area contributed by atoms with Crippen LogP contribution < -0.4 is 10.6 Å². The van der Waals surface area contributed by atoms with E-state index in [2.05, 4.69) is 23.0 Å². The predicted octanol–water partition coefficient (Wildman–Crippen LogP) is 3.46. The molecule has 24 heavy (non-hydrogen) atoms. The number of pyridine rings is 1. The van der Waals surface area contributed by atoms with Crippen LogP contribution in [-0.2, 0) is 6.54 Å². The fourth-order valence-electron chi connectivity index (χ4n) is 2.84. The first-order valence-electron chi connectivity index (χ1n) is 8.24. The van der Waals surface area contributed by atoms with Gasteiger partial charge in [0.25, 0.3) is 0 Å². The number of anilines is 1. The second-order valence-electron chi connectivity index (χ2n) is 5.76. The minimum absolute atomic E-state index is 0.0876. The highest BCUT2D eigenvalue weighted by atomic mass is 35.5. The Hall–Kier alpha value is -2.27. The second-order valence-corrected chi connectivity index (χ2v) is 6.19. The van der Waals surface area contributed by atoms with Crippen LogP contribution in [0, 0.1) is 0 Å². The molecule has 2 heterocycles. The molecule has 0 saturated heterocycles. The summed E-state index contributed by atoms with van der Waals surface area (Å²) in [5, 5.41) is 5.11. The van der Waals surface area contributed by atoms with Crippen molar-refractivity contribution in [3.05, 3.63) is 64.2 Å². The number of fused-ring (bicyclic) bond motifs is 1. The summed E-state index contributed by atoms with van der Waals surface area (Å²) in [7, 11) is 0. The Morgan fingerprint density at radius 1 is 1.17 bits per heavy atom. The molecule has 0 bridgehead atoms. The largest absolute Gasteiger partial charge is 0.371 e. The summed E-state index contributed by atoms with van der Waals surface area (Å²) in [5.41, 5.74) is 1.71. The van der Waals surface area contributed by atoms with Crippen LogP contribution in [0.3, 0.4) is 0 Å². The normalized spacial score (nSPS) is 11.1. The lowest BCUT2D eigenvalue weighted by molar-refractivity contribution is 0.552. The predicted molar refractivity (Wildman–Crippen MR) is 98.0 cm³/mol. The van der Waals surface area contributed by atoms with Crippen LogP contribution in [0.25, 0.3) is 5.65 Å². The van der Waals surface area contributed by atoms with E-state index in [9.17, 15) is 4.79 Å². The summed E-state index contributed by atoms with van der Waals surface area (Å²) in [6, 6.07) is 13.5. The van der Waals surface area contributed by atoms with Gasteiger partial charge in [0.15, 0.2) is 5.65 Å². The van der Waals surface area contributed by atoms with E-state index in [1.807, 2.05) is 36.4 Å². The Morgan fingerprint density at radius 3 is 2.79 bits per heavy atom. The maximum absolute atomic E-state index is 12.3. The first kappa shape index (κ1) is 16.6. The van der Waals surface area contributed by atoms with Crippen molar-refractivity contribution >= 4 is 22.9 Å². The Kier molecular flexibility index (Phi) is 5.20. The maximum Gasteiger partial charge on any atom is 0.350 e. The van der Waals surface area contributed by atoms with Gasteiger partial charge in [-0.15, -0.1) is 5.10 Å². The van der Waals surface area contributed by atoms with Crippen LogP contribution in [0.5, 0.6) is 0 Å². The molecule has 0 saturated carbocycles. The van der Waals surface area contributed by atoms with E-state index >= 15 is 0 Å². The lowest BCUT2D eigenvalue weighted by Gasteiger charge is -2.24. The summed E-state index contributed by atoms with van der Waals surface area (Å²) in [6.45, 7) is 4.57. The first-order valence-corrected chi connectivity index (χ1v) is 8.61. The molecular weight excluding hydrogens is 324 g/mol. The quantitative estimate of drug-likeness (QED) is 0.659. The standard InChI is InChI=1S/C18H21ClN4O/c1-2-10-21(16-8-5-7-15(19)14-16)11-6-13-23-18(24)22-12-4-3-9-17(22)20-23/h3-5,7-9,12,14H,2,6,10-11,13H2,1H3. The fraction of sp³-hybridized carbons (Fsp3) is 0.333. The third kappa shape index (κ3) is 3.62. The number of benzene rings is 1. The first-order chi connectivity index (χ1) is 11.7. The minimum Gasteiger partial charge on any atom is -0.371 e. The van der Waals surface area contributed by atoms with Crippen molar-refractivity contribution in [3.63, 3.8) is 0 Å². The summed E-state index contributed by atoms with van der Waals surface area (Å²) >= 11 is 6.10. The third-order valence-corrected chi connectivity index (χ3v) is 4.19. The topological polar surface area (TPSA) is 42.5 Å². The Bertz CT molecular complexity index is 871. The van der Waals surface area contributed by atoms with Crippen LogP contribution >= 0.6 is 11.6 Å². The number of rotatable bonds is 7. The van der Waals surface area contributed by atoms with Crippen LogP contribution in [0.4, 0.5) is 5.69 Å². The van der Waals surface area contributed by atoms with Gasteiger partial charge in [0.05, 0.1) is 0 Å². The van der Waals surface area contributed by atoms with Gasteiger partial charge < -0.3 is 4.90 Å². The van der Waals surface area contributed by atoms with Crippen molar-refractivity contribution in [2.45, 2.75) is 26.3 Å². The van der Waals surface area contributed by atoms with E-state index in [0.717, 1.165) is 36.6 Å². The zero-order chi connectivity index (χ0) is 16.9. The van der Waals surface area contributed by atoms with Gasteiger partial charge in [-0.2, -0.15) is 0 Å². The Labute approximate surface area is 146 Å². The molecule has 0 unspecified atom stereocenters. The van der Waals surface area contributed by atoms with Crippen molar-refractivity contribution in [1.29, 1.82) is 0 Å². The molecule has 2 aromatic heterocycles. The average Bonchev–Trinajstić information content (AvgIpc) is 2.91. The van der Waals surface area contributed by atoms with Crippen LogP contribution in [0.1, 0.15) is 19.8 Å². The summed E-state index contributed by atoms with van der Waals surface area (Å²) in [5.74, 6) is 0. The van der Waals surface area contributed by atoms with Crippen molar-refractivity contribution in [2.24, 2.45) is 0 Å². The van der Waals surface area contributed by atoms with Crippen LogP contribution in [-0.4, -0.2) is 27.3 Å². The van der Waals surface area contributed by atoms with Gasteiger partial charge in [0.1, 0.15) is 0 Å². The highest BCUT2D eigenvalue weighted by Crippen LogP contribution is 2.20. The molecule has 0 aliphatic carbocycles. The van der Waals surface area contributed by atoms with Gasteiger partial charge in [-0.25, -0.2) is 9.48 Å². The van der Waals surface area contributed by atoms with Crippen molar-refractivity contribution in [3.8, 4) is 0 Å². The molecule has 1 aromatic carbocycles. The molecule has 126 valence electrons.